The first-order valence-corrected chi connectivity index (χ1v) is 5.58. The molecule has 1 unspecified atom stereocenters. The minimum Gasteiger partial charge on any atom is -0.454 e. The van der Waals surface area contributed by atoms with Crippen molar-refractivity contribution in [1.82, 2.24) is 9.97 Å². The van der Waals surface area contributed by atoms with E-state index >= 15 is 0 Å². The Balaban J connectivity index is 2.09. The molecule has 0 spiro atoms. The van der Waals surface area contributed by atoms with Gasteiger partial charge in [-0.2, -0.15) is 5.26 Å². The number of nitriles is 1. The average molecular weight is 241 g/mol. The van der Waals surface area contributed by atoms with Crippen LogP contribution in [0.15, 0.2) is 24.5 Å². The SMILES string of the molecule is Cc1cc2c(cc1C(C#N)c1ncc[nH]1)OCO2. The summed E-state index contributed by atoms with van der Waals surface area (Å²) in [4.78, 5) is 7.12. The van der Waals surface area contributed by atoms with Crippen molar-refractivity contribution in [2.75, 3.05) is 6.79 Å². The first kappa shape index (κ1) is 10.7. The van der Waals surface area contributed by atoms with Gasteiger partial charge < -0.3 is 14.5 Å². The summed E-state index contributed by atoms with van der Waals surface area (Å²) in [6, 6.07) is 6.01. The Labute approximate surface area is 104 Å². The number of ether oxygens (including phenoxy) is 2. The Hall–Kier alpha value is -2.48. The Morgan fingerprint density at radius 3 is 2.83 bits per heavy atom. The van der Waals surface area contributed by atoms with Crippen LogP contribution in [0.4, 0.5) is 0 Å². The van der Waals surface area contributed by atoms with E-state index < -0.39 is 5.92 Å². The average Bonchev–Trinajstić information content (AvgIpc) is 3.01. The van der Waals surface area contributed by atoms with Gasteiger partial charge in [0, 0.05) is 12.4 Å². The van der Waals surface area contributed by atoms with Crippen molar-refractivity contribution in [3.8, 4) is 17.6 Å². The summed E-state index contributed by atoms with van der Waals surface area (Å²) in [5.41, 5.74) is 1.87. The fourth-order valence-corrected chi connectivity index (χ4v) is 2.08. The van der Waals surface area contributed by atoms with Gasteiger partial charge in [-0.25, -0.2) is 4.98 Å². The zero-order chi connectivity index (χ0) is 12.5. The Morgan fingerprint density at radius 1 is 1.39 bits per heavy atom. The smallest absolute Gasteiger partial charge is 0.231 e. The predicted molar refractivity (Wildman–Crippen MR) is 63.3 cm³/mol. The van der Waals surface area contributed by atoms with Gasteiger partial charge in [0.2, 0.25) is 6.79 Å². The number of aromatic nitrogens is 2. The van der Waals surface area contributed by atoms with E-state index in [0.717, 1.165) is 16.9 Å². The van der Waals surface area contributed by atoms with Crippen LogP contribution >= 0.6 is 0 Å². The van der Waals surface area contributed by atoms with Crippen molar-refractivity contribution in [2.24, 2.45) is 0 Å². The number of hydrogen-bond donors (Lipinski definition) is 1. The number of nitrogens with zero attached hydrogens (tertiary/aromatic N) is 2. The fourth-order valence-electron chi connectivity index (χ4n) is 2.08. The number of aromatic amines is 1. The van der Waals surface area contributed by atoms with Crippen LogP contribution in [0, 0.1) is 18.3 Å². The molecule has 0 saturated heterocycles. The van der Waals surface area contributed by atoms with Crippen LogP contribution in [0.1, 0.15) is 22.9 Å². The van der Waals surface area contributed by atoms with Crippen molar-refractivity contribution in [3.05, 3.63) is 41.5 Å². The highest BCUT2D eigenvalue weighted by molar-refractivity contribution is 5.51. The third kappa shape index (κ3) is 1.59. The summed E-state index contributed by atoms with van der Waals surface area (Å²) in [5, 5.41) is 9.34. The van der Waals surface area contributed by atoms with Crippen LogP contribution in [0.2, 0.25) is 0 Å². The minimum atomic E-state index is -0.422. The maximum atomic E-state index is 9.34. The first-order valence-electron chi connectivity index (χ1n) is 5.58. The van der Waals surface area contributed by atoms with Crippen molar-refractivity contribution in [3.63, 3.8) is 0 Å². The molecule has 0 radical (unpaired) electrons. The number of H-pyrrole nitrogens is 1. The molecule has 5 heteroatoms. The summed E-state index contributed by atoms with van der Waals surface area (Å²) in [6.45, 7) is 2.18. The second-order valence-corrected chi connectivity index (χ2v) is 4.10. The van der Waals surface area contributed by atoms with E-state index in [1.807, 2.05) is 19.1 Å². The number of fused-ring (bicyclic) bond motifs is 1. The highest BCUT2D eigenvalue weighted by Crippen LogP contribution is 2.37. The Morgan fingerprint density at radius 2 is 2.17 bits per heavy atom. The number of aryl methyl sites for hydroxylation is 1. The van der Waals surface area contributed by atoms with Gasteiger partial charge in [0.1, 0.15) is 11.7 Å². The maximum absolute atomic E-state index is 9.34. The Kier molecular flexibility index (Phi) is 2.41. The fraction of sp³-hybridized carbons (Fsp3) is 0.231. The van der Waals surface area contributed by atoms with Gasteiger partial charge in [-0.05, 0) is 30.2 Å². The van der Waals surface area contributed by atoms with Crippen LogP contribution in [0.3, 0.4) is 0 Å². The summed E-state index contributed by atoms with van der Waals surface area (Å²) in [6.07, 6.45) is 3.35. The molecule has 90 valence electrons. The quantitative estimate of drug-likeness (QED) is 0.874. The van der Waals surface area contributed by atoms with Gasteiger partial charge in [-0.1, -0.05) is 0 Å². The molecule has 1 aliphatic heterocycles. The highest BCUT2D eigenvalue weighted by Gasteiger charge is 2.22. The van der Waals surface area contributed by atoms with Gasteiger partial charge in [-0.3, -0.25) is 0 Å². The lowest BCUT2D eigenvalue weighted by Gasteiger charge is -2.11. The van der Waals surface area contributed by atoms with Gasteiger partial charge in [0.25, 0.3) is 0 Å². The molecule has 2 aromatic rings. The summed E-state index contributed by atoms with van der Waals surface area (Å²) < 4.78 is 10.7. The third-order valence-electron chi connectivity index (χ3n) is 2.99. The van der Waals surface area contributed by atoms with Crippen molar-refractivity contribution in [2.45, 2.75) is 12.8 Å². The molecule has 0 saturated carbocycles. The molecule has 5 nitrogen and oxygen atoms in total. The molecule has 1 aromatic carbocycles. The summed E-state index contributed by atoms with van der Waals surface area (Å²) >= 11 is 0. The van der Waals surface area contributed by atoms with Crippen LogP contribution in [-0.4, -0.2) is 16.8 Å². The molecule has 0 aliphatic carbocycles. The second kappa shape index (κ2) is 4.08. The van der Waals surface area contributed by atoms with Crippen molar-refractivity contribution >= 4 is 0 Å². The molecular formula is C13H11N3O2. The molecule has 0 amide bonds. The van der Waals surface area contributed by atoms with E-state index in [2.05, 4.69) is 16.0 Å². The molecule has 3 rings (SSSR count). The van der Waals surface area contributed by atoms with Gasteiger partial charge in [0.15, 0.2) is 11.5 Å². The zero-order valence-electron chi connectivity index (χ0n) is 9.80. The molecule has 1 aliphatic rings. The monoisotopic (exact) mass is 241 g/mol. The number of hydrogen-bond acceptors (Lipinski definition) is 4. The van der Waals surface area contributed by atoms with Gasteiger partial charge in [-0.15, -0.1) is 0 Å². The van der Waals surface area contributed by atoms with Gasteiger partial charge in [0.05, 0.1) is 6.07 Å². The normalized spacial score (nSPS) is 14.2. The molecule has 2 heterocycles. The number of nitrogens with one attached hydrogen (secondary N) is 1. The van der Waals surface area contributed by atoms with E-state index in [4.69, 9.17) is 9.47 Å². The molecule has 0 bridgehead atoms. The molecular weight excluding hydrogens is 230 g/mol. The van der Waals surface area contributed by atoms with Crippen LogP contribution < -0.4 is 9.47 Å². The lowest BCUT2D eigenvalue weighted by atomic mass is 9.95. The van der Waals surface area contributed by atoms with Crippen molar-refractivity contribution in [1.29, 1.82) is 5.26 Å². The lowest BCUT2D eigenvalue weighted by Crippen LogP contribution is -2.03. The topological polar surface area (TPSA) is 70.9 Å². The number of benzene rings is 1. The van der Waals surface area contributed by atoms with E-state index in [9.17, 15) is 5.26 Å². The van der Waals surface area contributed by atoms with Crippen LogP contribution in [-0.2, 0) is 0 Å². The van der Waals surface area contributed by atoms with Crippen LogP contribution in [0.5, 0.6) is 11.5 Å². The largest absolute Gasteiger partial charge is 0.454 e. The minimum absolute atomic E-state index is 0.232. The van der Waals surface area contributed by atoms with Gasteiger partial charge >= 0.3 is 0 Å². The Bertz CT molecular complexity index is 614. The predicted octanol–water partition coefficient (Wildman–Crippen LogP) is 2.10. The van der Waals surface area contributed by atoms with E-state index in [1.54, 1.807) is 12.4 Å². The third-order valence-corrected chi connectivity index (χ3v) is 2.99. The number of imidazole rings is 1. The van der Waals surface area contributed by atoms with Crippen molar-refractivity contribution < 1.29 is 9.47 Å². The molecule has 1 N–H and O–H groups in total. The summed E-state index contributed by atoms with van der Waals surface area (Å²) in [7, 11) is 0. The van der Waals surface area contributed by atoms with E-state index in [0.29, 0.717) is 11.6 Å². The molecule has 1 atom stereocenters. The molecule has 0 fully saturated rings. The lowest BCUT2D eigenvalue weighted by molar-refractivity contribution is 0.174. The standard InChI is InChI=1S/C13H11N3O2/c1-8-4-11-12(18-7-17-11)5-9(8)10(6-14)13-15-2-3-16-13/h2-5,10H,7H2,1H3,(H,15,16). The highest BCUT2D eigenvalue weighted by atomic mass is 16.7. The van der Waals surface area contributed by atoms with E-state index in [1.165, 1.54) is 0 Å². The first-order chi connectivity index (χ1) is 8.79. The number of rotatable bonds is 2. The maximum Gasteiger partial charge on any atom is 0.231 e. The molecule has 18 heavy (non-hydrogen) atoms. The van der Waals surface area contributed by atoms with E-state index in [-0.39, 0.29) is 6.79 Å². The van der Waals surface area contributed by atoms with Crippen LogP contribution in [0.25, 0.3) is 0 Å². The molecule has 1 aromatic heterocycles. The second-order valence-electron chi connectivity index (χ2n) is 4.10. The summed E-state index contributed by atoms with van der Waals surface area (Å²) in [5.74, 6) is 1.63. The zero-order valence-corrected chi connectivity index (χ0v) is 9.80.